The smallest absolute Gasteiger partial charge is 0.273 e. The predicted molar refractivity (Wildman–Crippen MR) is 167 cm³/mol. The molecule has 214 valence electrons. The number of halogens is 3. The van der Waals surface area contributed by atoms with Crippen LogP contribution in [0.1, 0.15) is 26.9 Å². The normalized spacial score (nSPS) is 13.5. The largest absolute Gasteiger partial charge is 0.366 e. The summed E-state index contributed by atoms with van der Waals surface area (Å²) in [5.74, 6) is 0.927. The van der Waals surface area contributed by atoms with Gasteiger partial charge in [-0.25, -0.2) is 9.37 Å². The van der Waals surface area contributed by atoms with Crippen molar-refractivity contribution in [2.75, 3.05) is 31.1 Å². The van der Waals surface area contributed by atoms with Gasteiger partial charge in [-0.05, 0) is 35.9 Å². The Labute approximate surface area is 260 Å². The van der Waals surface area contributed by atoms with Crippen molar-refractivity contribution in [3.05, 3.63) is 116 Å². The third kappa shape index (κ3) is 6.32. The topological polar surface area (TPSA) is 67.2 Å². The van der Waals surface area contributed by atoms with Crippen LogP contribution >= 0.6 is 46.3 Å². The van der Waals surface area contributed by atoms with E-state index in [1.807, 2.05) is 39.8 Å². The van der Waals surface area contributed by atoms with E-state index in [-0.39, 0.29) is 11.7 Å². The van der Waals surface area contributed by atoms with Crippen molar-refractivity contribution in [2.24, 2.45) is 0 Å². The Bertz CT molecular complexity index is 1710. The van der Waals surface area contributed by atoms with Gasteiger partial charge >= 0.3 is 0 Å². The maximum absolute atomic E-state index is 14.2. The lowest BCUT2D eigenvalue weighted by Gasteiger charge is -2.35. The third-order valence-corrected chi connectivity index (χ3v) is 9.63. The summed E-state index contributed by atoms with van der Waals surface area (Å²) in [6.07, 6.45) is 0.592. The van der Waals surface area contributed by atoms with Crippen LogP contribution in [0, 0.1) is 5.82 Å². The van der Waals surface area contributed by atoms with Crippen LogP contribution in [-0.4, -0.2) is 56.7 Å². The third-order valence-electron chi connectivity index (χ3n) is 6.92. The zero-order valence-electron chi connectivity index (χ0n) is 22.3. The lowest BCUT2D eigenvalue weighted by molar-refractivity contribution is 0.0741. The van der Waals surface area contributed by atoms with E-state index in [0.29, 0.717) is 64.9 Å². The molecule has 0 unspecified atom stereocenters. The van der Waals surface area contributed by atoms with E-state index in [2.05, 4.69) is 27.3 Å². The van der Waals surface area contributed by atoms with Gasteiger partial charge in [0.25, 0.3) is 5.91 Å². The molecule has 3 aromatic carbocycles. The number of amides is 1. The average Bonchev–Trinajstić information content (AvgIpc) is 3.65. The molecule has 3 heterocycles. The second kappa shape index (κ2) is 12.8. The number of thioether (sulfide) groups is 1. The zero-order chi connectivity index (χ0) is 29.1. The highest BCUT2D eigenvalue weighted by atomic mass is 35.5. The molecule has 5 aromatic rings. The Morgan fingerprint density at radius 3 is 2.45 bits per heavy atom. The number of rotatable bonds is 8. The first-order chi connectivity index (χ1) is 20.5. The minimum atomic E-state index is -0.249. The van der Waals surface area contributed by atoms with Crippen molar-refractivity contribution < 1.29 is 9.18 Å². The van der Waals surface area contributed by atoms with Crippen molar-refractivity contribution in [1.82, 2.24) is 24.6 Å². The van der Waals surface area contributed by atoms with Gasteiger partial charge in [0.1, 0.15) is 22.3 Å². The number of para-hydroxylation sites is 1. The van der Waals surface area contributed by atoms with Crippen LogP contribution in [-0.2, 0) is 12.2 Å². The van der Waals surface area contributed by atoms with Gasteiger partial charge in [-0.1, -0.05) is 77.4 Å². The number of nitrogens with zero attached hydrogens (tertiary/aromatic N) is 6. The molecule has 0 saturated carbocycles. The number of hydrogen-bond acceptors (Lipinski definition) is 7. The molecule has 0 radical (unpaired) electrons. The second-order valence-corrected chi connectivity index (χ2v) is 12.3. The van der Waals surface area contributed by atoms with E-state index in [9.17, 15) is 9.18 Å². The SMILES string of the molecule is O=C(c1csc(CSc2nnc(Cc3ccccc3)n2-c2ccc(Cl)c(Cl)c2)n1)N1CCN(c2ccccc2F)CC1. The predicted octanol–water partition coefficient (Wildman–Crippen LogP) is 7.02. The minimum absolute atomic E-state index is 0.111. The number of piperazine rings is 1. The first-order valence-electron chi connectivity index (χ1n) is 13.3. The quantitative estimate of drug-likeness (QED) is 0.170. The summed E-state index contributed by atoms with van der Waals surface area (Å²) >= 11 is 15.5. The lowest BCUT2D eigenvalue weighted by atomic mass is 10.1. The van der Waals surface area contributed by atoms with E-state index in [0.717, 1.165) is 22.1 Å². The summed E-state index contributed by atoms with van der Waals surface area (Å²) < 4.78 is 16.2. The van der Waals surface area contributed by atoms with Gasteiger partial charge in [0, 0.05) is 38.0 Å². The molecule has 0 aliphatic carbocycles. The van der Waals surface area contributed by atoms with Gasteiger partial charge in [0.2, 0.25) is 0 Å². The summed E-state index contributed by atoms with van der Waals surface area (Å²) in [7, 11) is 0. The molecule has 1 aliphatic heterocycles. The van der Waals surface area contributed by atoms with Crippen LogP contribution in [0.15, 0.2) is 83.3 Å². The van der Waals surface area contributed by atoms with Crippen LogP contribution in [0.4, 0.5) is 10.1 Å². The molecule has 1 amide bonds. The number of aromatic nitrogens is 4. The molecule has 0 spiro atoms. The summed E-state index contributed by atoms with van der Waals surface area (Å²) in [5.41, 5.74) is 2.91. The van der Waals surface area contributed by atoms with Crippen LogP contribution < -0.4 is 4.90 Å². The Hall–Kier alpha value is -3.44. The molecule has 1 saturated heterocycles. The molecule has 0 bridgehead atoms. The Kier molecular flexibility index (Phi) is 8.76. The zero-order valence-corrected chi connectivity index (χ0v) is 25.4. The molecule has 1 fully saturated rings. The van der Waals surface area contributed by atoms with Crippen molar-refractivity contribution in [3.8, 4) is 5.69 Å². The molecule has 42 heavy (non-hydrogen) atoms. The van der Waals surface area contributed by atoms with Gasteiger partial charge in [0.15, 0.2) is 5.16 Å². The fourth-order valence-electron chi connectivity index (χ4n) is 4.79. The van der Waals surface area contributed by atoms with Crippen LogP contribution in [0.3, 0.4) is 0 Å². The molecule has 12 heteroatoms. The highest BCUT2D eigenvalue weighted by Gasteiger charge is 2.25. The number of carbonyl (C=O) groups excluding carboxylic acids is 1. The summed E-state index contributed by atoms with van der Waals surface area (Å²) in [6.45, 7) is 2.14. The summed E-state index contributed by atoms with van der Waals surface area (Å²) in [5, 5.41) is 13.2. The van der Waals surface area contributed by atoms with E-state index in [1.54, 1.807) is 34.5 Å². The summed E-state index contributed by atoms with van der Waals surface area (Å²) in [4.78, 5) is 21.6. The van der Waals surface area contributed by atoms with Crippen molar-refractivity contribution in [3.63, 3.8) is 0 Å². The Morgan fingerprint density at radius 2 is 1.69 bits per heavy atom. The number of benzene rings is 3. The average molecular weight is 640 g/mol. The molecule has 1 aliphatic rings. The number of hydrogen-bond donors (Lipinski definition) is 0. The highest BCUT2D eigenvalue weighted by Crippen LogP contribution is 2.31. The molecule has 2 aromatic heterocycles. The van der Waals surface area contributed by atoms with Gasteiger partial charge < -0.3 is 9.80 Å². The fourth-order valence-corrected chi connectivity index (χ4v) is 6.84. The first-order valence-corrected chi connectivity index (χ1v) is 15.9. The summed E-state index contributed by atoms with van der Waals surface area (Å²) in [6, 6.07) is 22.2. The molecule has 6 rings (SSSR count). The maximum Gasteiger partial charge on any atom is 0.273 e. The van der Waals surface area contributed by atoms with E-state index >= 15 is 0 Å². The standard InChI is InChI=1S/C30H25Cl2FN6OS2/c31-22-11-10-21(17-23(22)32)39-27(16-20-6-2-1-3-7-20)35-36-30(39)42-19-28-34-25(18-41-28)29(40)38-14-12-37(13-15-38)26-9-5-4-8-24(26)33/h1-11,17-18H,12-16,19H2. The van der Waals surface area contributed by atoms with E-state index < -0.39 is 0 Å². The van der Waals surface area contributed by atoms with Crippen molar-refractivity contribution in [2.45, 2.75) is 17.3 Å². The first kappa shape index (κ1) is 28.7. The monoisotopic (exact) mass is 638 g/mol. The molecule has 0 N–H and O–H groups in total. The van der Waals surface area contributed by atoms with Gasteiger partial charge in [-0.15, -0.1) is 21.5 Å². The molecule has 0 atom stereocenters. The minimum Gasteiger partial charge on any atom is -0.366 e. The number of thiazole rings is 1. The van der Waals surface area contributed by atoms with Gasteiger partial charge in [0.05, 0.1) is 27.2 Å². The molecule has 7 nitrogen and oxygen atoms in total. The number of carbonyl (C=O) groups is 1. The van der Waals surface area contributed by atoms with Crippen molar-refractivity contribution in [1.29, 1.82) is 0 Å². The molecular weight excluding hydrogens is 614 g/mol. The molecular formula is C30H25Cl2FN6OS2. The van der Waals surface area contributed by atoms with Crippen molar-refractivity contribution >= 4 is 57.9 Å². The van der Waals surface area contributed by atoms with Gasteiger partial charge in [-0.3, -0.25) is 9.36 Å². The van der Waals surface area contributed by atoms with Crippen LogP contribution in [0.25, 0.3) is 5.69 Å². The van der Waals surface area contributed by atoms with Crippen LogP contribution in [0.5, 0.6) is 0 Å². The van der Waals surface area contributed by atoms with E-state index in [1.165, 1.54) is 29.2 Å². The lowest BCUT2D eigenvalue weighted by Crippen LogP contribution is -2.49. The maximum atomic E-state index is 14.2. The van der Waals surface area contributed by atoms with Gasteiger partial charge in [-0.2, -0.15) is 0 Å². The number of anilines is 1. The van der Waals surface area contributed by atoms with Crippen LogP contribution in [0.2, 0.25) is 10.0 Å². The second-order valence-electron chi connectivity index (χ2n) is 9.64. The Morgan fingerprint density at radius 1 is 0.929 bits per heavy atom. The van der Waals surface area contributed by atoms with E-state index in [4.69, 9.17) is 23.2 Å². The fraction of sp³-hybridized carbons (Fsp3) is 0.200. The highest BCUT2D eigenvalue weighted by molar-refractivity contribution is 7.98. The Balaban J connectivity index is 1.14.